The zero-order chi connectivity index (χ0) is 15.8. The number of imide groups is 1. The Morgan fingerprint density at radius 3 is 2.48 bits per heavy atom. The van der Waals surface area contributed by atoms with Crippen LogP contribution in [0.15, 0.2) is 30.5 Å². The van der Waals surface area contributed by atoms with Crippen molar-refractivity contribution in [3.8, 4) is 5.75 Å². The molecule has 0 saturated heterocycles. The molecule has 1 heterocycles. The van der Waals surface area contributed by atoms with Gasteiger partial charge in [-0.25, -0.2) is 4.79 Å². The van der Waals surface area contributed by atoms with Crippen molar-refractivity contribution in [3.05, 3.63) is 41.7 Å². The van der Waals surface area contributed by atoms with Crippen molar-refractivity contribution in [2.75, 3.05) is 0 Å². The van der Waals surface area contributed by atoms with Gasteiger partial charge < -0.3 is 9.47 Å². The van der Waals surface area contributed by atoms with E-state index in [9.17, 15) is 14.4 Å². The zero-order valence-corrected chi connectivity index (χ0v) is 12.0. The number of ether oxygens (including phenoxy) is 2. The second-order valence-electron chi connectivity index (χ2n) is 5.49. The van der Waals surface area contributed by atoms with Crippen molar-refractivity contribution in [1.29, 1.82) is 0 Å². The number of carbonyl (C=O) groups is 3. The van der Waals surface area contributed by atoms with Crippen LogP contribution in [0, 0.1) is 0 Å². The summed E-state index contributed by atoms with van der Waals surface area (Å²) in [5.74, 6) is -1.96. The number of benzene rings is 1. The number of hydrogen-bond acceptors (Lipinski definition) is 5. The first-order valence-corrected chi connectivity index (χ1v) is 6.28. The summed E-state index contributed by atoms with van der Waals surface area (Å²) in [6, 6.07) is 4.53. The Morgan fingerprint density at radius 1 is 1.19 bits per heavy atom. The minimum Gasteiger partial charge on any atom is -0.454 e. The zero-order valence-electron chi connectivity index (χ0n) is 12.0. The van der Waals surface area contributed by atoms with Crippen molar-refractivity contribution < 1.29 is 23.9 Å². The number of esters is 1. The Hall–Kier alpha value is -2.63. The van der Waals surface area contributed by atoms with Crippen LogP contribution in [0.4, 0.5) is 0 Å². The van der Waals surface area contributed by atoms with Crippen molar-refractivity contribution in [2.45, 2.75) is 26.4 Å². The summed E-state index contributed by atoms with van der Waals surface area (Å²) in [5, 5.41) is 2.16. The van der Waals surface area contributed by atoms with E-state index in [1.807, 2.05) is 0 Å². The normalized spacial score (nSPS) is 13.5. The first kappa shape index (κ1) is 14.8. The van der Waals surface area contributed by atoms with Crippen LogP contribution in [0.1, 0.15) is 41.5 Å². The smallest absolute Gasteiger partial charge is 0.374 e. The highest BCUT2D eigenvalue weighted by Crippen LogP contribution is 2.28. The fourth-order valence-corrected chi connectivity index (χ4v) is 1.78. The molecule has 1 aliphatic rings. The van der Waals surface area contributed by atoms with Gasteiger partial charge >= 0.3 is 5.97 Å². The molecular formula is C15H15NO5. The third kappa shape index (κ3) is 3.10. The molecule has 0 atom stereocenters. The summed E-state index contributed by atoms with van der Waals surface area (Å²) in [6.45, 7) is 8.63. The number of carbonyl (C=O) groups excluding carboxylic acids is 3. The molecule has 0 aliphatic carbocycles. The predicted molar refractivity (Wildman–Crippen MR) is 73.9 cm³/mol. The highest BCUT2D eigenvalue weighted by molar-refractivity contribution is 6.22. The molecule has 0 fully saturated rings. The molecule has 0 radical (unpaired) electrons. The molecule has 0 spiro atoms. The number of fused-ring (bicyclic) bond motifs is 1. The second kappa shape index (κ2) is 5.05. The average Bonchev–Trinajstić information content (AvgIpc) is 2.64. The molecular weight excluding hydrogens is 274 g/mol. The highest BCUT2D eigenvalue weighted by Gasteiger charge is 2.31. The molecule has 6 heteroatoms. The summed E-state index contributed by atoms with van der Waals surface area (Å²) in [5.41, 5.74) is -0.392. The van der Waals surface area contributed by atoms with E-state index in [4.69, 9.17) is 9.47 Å². The van der Waals surface area contributed by atoms with Gasteiger partial charge in [0.2, 0.25) is 5.76 Å². The third-order valence-corrected chi connectivity index (χ3v) is 2.58. The number of rotatable bonds is 3. The van der Waals surface area contributed by atoms with Gasteiger partial charge in [0.25, 0.3) is 11.8 Å². The van der Waals surface area contributed by atoms with Crippen molar-refractivity contribution in [1.82, 2.24) is 5.32 Å². The van der Waals surface area contributed by atoms with Crippen LogP contribution in [0.5, 0.6) is 5.75 Å². The summed E-state index contributed by atoms with van der Waals surface area (Å²) in [6.07, 6.45) is 0. The van der Waals surface area contributed by atoms with Crippen molar-refractivity contribution in [2.24, 2.45) is 0 Å². The van der Waals surface area contributed by atoms with Crippen LogP contribution in [-0.2, 0) is 9.53 Å². The standard InChI is InChI=1S/C15H15NO5/c1-8(14(19)21-15(2,3)4)20-10-7-5-6-9-11(10)13(18)16-12(9)17/h5-7H,1H2,2-4H3,(H,16,17,18). The van der Waals surface area contributed by atoms with Gasteiger partial charge in [0, 0.05) is 0 Å². The highest BCUT2D eigenvalue weighted by atomic mass is 16.6. The SMILES string of the molecule is C=C(Oc1cccc2c1C(=O)NC2=O)C(=O)OC(C)(C)C. The fraction of sp³-hybridized carbons (Fsp3) is 0.267. The van der Waals surface area contributed by atoms with Gasteiger partial charge in [-0.2, -0.15) is 0 Å². The summed E-state index contributed by atoms with van der Waals surface area (Å²) in [7, 11) is 0. The topological polar surface area (TPSA) is 81.7 Å². The number of amides is 2. The van der Waals surface area contributed by atoms with E-state index in [0.717, 1.165) is 0 Å². The van der Waals surface area contributed by atoms with E-state index in [1.165, 1.54) is 12.1 Å². The monoisotopic (exact) mass is 289 g/mol. The van der Waals surface area contributed by atoms with Crippen molar-refractivity contribution in [3.63, 3.8) is 0 Å². The lowest BCUT2D eigenvalue weighted by atomic mass is 10.1. The van der Waals surface area contributed by atoms with Crippen LogP contribution >= 0.6 is 0 Å². The molecule has 0 bridgehead atoms. The largest absolute Gasteiger partial charge is 0.454 e. The van der Waals surface area contributed by atoms with E-state index in [2.05, 4.69) is 11.9 Å². The molecule has 21 heavy (non-hydrogen) atoms. The van der Waals surface area contributed by atoms with Crippen LogP contribution < -0.4 is 10.1 Å². The van der Waals surface area contributed by atoms with Gasteiger partial charge in [0.05, 0.1) is 11.1 Å². The Morgan fingerprint density at radius 2 is 1.86 bits per heavy atom. The minimum atomic E-state index is -0.732. The Labute approximate surface area is 121 Å². The van der Waals surface area contributed by atoms with Gasteiger partial charge in [-0.05, 0) is 39.5 Å². The average molecular weight is 289 g/mol. The van der Waals surface area contributed by atoms with Gasteiger partial charge in [0.1, 0.15) is 11.4 Å². The summed E-state index contributed by atoms with van der Waals surface area (Å²) >= 11 is 0. The molecule has 1 aliphatic heterocycles. The lowest BCUT2D eigenvalue weighted by Crippen LogP contribution is -2.26. The van der Waals surface area contributed by atoms with Crippen molar-refractivity contribution >= 4 is 17.8 Å². The quantitative estimate of drug-likeness (QED) is 0.397. The Balaban J connectivity index is 2.22. The molecule has 2 rings (SSSR count). The maximum Gasteiger partial charge on any atom is 0.374 e. The van der Waals surface area contributed by atoms with E-state index in [-0.39, 0.29) is 22.6 Å². The maximum atomic E-state index is 11.8. The van der Waals surface area contributed by atoms with E-state index >= 15 is 0 Å². The molecule has 1 N–H and O–H groups in total. The van der Waals surface area contributed by atoms with E-state index < -0.39 is 23.4 Å². The maximum absolute atomic E-state index is 11.8. The van der Waals surface area contributed by atoms with Gasteiger partial charge in [0.15, 0.2) is 0 Å². The lowest BCUT2D eigenvalue weighted by Gasteiger charge is -2.20. The third-order valence-electron chi connectivity index (χ3n) is 2.58. The molecule has 2 amide bonds. The molecule has 1 aromatic carbocycles. The lowest BCUT2D eigenvalue weighted by molar-refractivity contribution is -0.152. The van der Waals surface area contributed by atoms with Gasteiger partial charge in [-0.15, -0.1) is 0 Å². The fourth-order valence-electron chi connectivity index (χ4n) is 1.78. The molecule has 1 aromatic rings. The molecule has 6 nitrogen and oxygen atoms in total. The summed E-state index contributed by atoms with van der Waals surface area (Å²) < 4.78 is 10.4. The number of hydrogen-bond donors (Lipinski definition) is 1. The first-order valence-electron chi connectivity index (χ1n) is 6.28. The van der Waals surface area contributed by atoms with Crippen LogP contribution in [0.25, 0.3) is 0 Å². The molecule has 110 valence electrons. The van der Waals surface area contributed by atoms with E-state index in [1.54, 1.807) is 26.8 Å². The second-order valence-corrected chi connectivity index (χ2v) is 5.49. The minimum absolute atomic E-state index is 0.0895. The molecule has 0 unspecified atom stereocenters. The van der Waals surface area contributed by atoms with Gasteiger partial charge in [-0.1, -0.05) is 6.07 Å². The Kier molecular flexibility index (Phi) is 3.55. The van der Waals surface area contributed by atoms with E-state index in [0.29, 0.717) is 0 Å². The Bertz CT molecular complexity index is 655. The van der Waals surface area contributed by atoms with Crippen LogP contribution in [0.2, 0.25) is 0 Å². The molecule has 0 aromatic heterocycles. The first-order chi connectivity index (χ1) is 9.69. The predicted octanol–water partition coefficient (Wildman–Crippen LogP) is 1.80. The number of nitrogens with one attached hydrogen (secondary N) is 1. The van der Waals surface area contributed by atoms with Gasteiger partial charge in [-0.3, -0.25) is 14.9 Å². The molecule has 0 saturated carbocycles. The summed E-state index contributed by atoms with van der Waals surface area (Å²) in [4.78, 5) is 35.0. The van der Waals surface area contributed by atoms with Crippen LogP contribution in [-0.4, -0.2) is 23.4 Å². The van der Waals surface area contributed by atoms with Crippen LogP contribution in [0.3, 0.4) is 0 Å².